The first-order chi connectivity index (χ1) is 7.08. The van der Waals surface area contributed by atoms with Gasteiger partial charge in [0.1, 0.15) is 0 Å². The Labute approximate surface area is 90.9 Å². The van der Waals surface area contributed by atoms with Crippen LogP contribution in [0.25, 0.3) is 0 Å². The zero-order valence-corrected chi connectivity index (χ0v) is 9.69. The number of hydrogen-bond acceptors (Lipinski definition) is 4. The van der Waals surface area contributed by atoms with Crippen molar-refractivity contribution >= 4 is 12.9 Å². The second-order valence-corrected chi connectivity index (χ2v) is 4.29. The second kappa shape index (κ2) is 7.26. The van der Waals surface area contributed by atoms with Gasteiger partial charge in [-0.05, 0) is 11.8 Å². The minimum absolute atomic E-state index is 0.000764. The Hall–Kier alpha value is -1.06. The number of rotatable bonds is 9. The molecule has 0 amide bonds. The lowest BCUT2D eigenvalue weighted by Gasteiger charge is -2.32. The van der Waals surface area contributed by atoms with E-state index in [4.69, 9.17) is 9.47 Å². The summed E-state index contributed by atoms with van der Waals surface area (Å²) in [4.78, 5) is 20.3. The van der Waals surface area contributed by atoms with E-state index in [1.165, 1.54) is 0 Å². The molecule has 15 heavy (non-hydrogen) atoms. The molecule has 0 aromatic carbocycles. The van der Waals surface area contributed by atoms with Crippen molar-refractivity contribution in [3.05, 3.63) is 0 Å². The highest BCUT2D eigenvalue weighted by molar-refractivity contribution is 5.37. The van der Waals surface area contributed by atoms with Crippen molar-refractivity contribution in [3.63, 3.8) is 0 Å². The average Bonchev–Trinajstić information content (AvgIpc) is 2.17. The fraction of sp³-hybridized carbons (Fsp3) is 0.818. The highest BCUT2D eigenvalue weighted by atomic mass is 16.5. The van der Waals surface area contributed by atoms with Crippen molar-refractivity contribution in [2.24, 2.45) is 11.3 Å². The Morgan fingerprint density at radius 3 is 1.93 bits per heavy atom. The van der Waals surface area contributed by atoms with E-state index in [-0.39, 0.29) is 11.3 Å². The Balaban J connectivity index is 4.29. The minimum Gasteiger partial charge on any atom is -0.467 e. The van der Waals surface area contributed by atoms with E-state index in [9.17, 15) is 9.59 Å². The van der Waals surface area contributed by atoms with Gasteiger partial charge in [0.05, 0.1) is 13.2 Å². The van der Waals surface area contributed by atoms with Crippen LogP contribution in [-0.4, -0.2) is 26.2 Å². The zero-order valence-electron chi connectivity index (χ0n) is 9.69. The van der Waals surface area contributed by atoms with Crippen molar-refractivity contribution in [3.8, 4) is 0 Å². The summed E-state index contributed by atoms with van der Waals surface area (Å²) in [6.07, 6.45) is 2.05. The smallest absolute Gasteiger partial charge is 0.293 e. The molecule has 0 heterocycles. The van der Waals surface area contributed by atoms with Gasteiger partial charge in [-0.3, -0.25) is 9.59 Å². The van der Waals surface area contributed by atoms with E-state index in [1.807, 2.05) is 0 Å². The summed E-state index contributed by atoms with van der Waals surface area (Å²) in [7, 11) is 0. The molecule has 0 aliphatic rings. The molecule has 0 unspecified atom stereocenters. The summed E-state index contributed by atoms with van der Waals surface area (Å²) in [6.45, 7) is 7.72. The van der Waals surface area contributed by atoms with Crippen LogP contribution >= 0.6 is 0 Å². The molecule has 0 rings (SSSR count). The summed E-state index contributed by atoms with van der Waals surface area (Å²) in [6, 6.07) is 0. The molecule has 0 fully saturated rings. The first-order valence-electron chi connectivity index (χ1n) is 5.19. The van der Waals surface area contributed by atoms with Crippen molar-refractivity contribution < 1.29 is 19.1 Å². The Morgan fingerprint density at radius 1 is 1.13 bits per heavy atom. The van der Waals surface area contributed by atoms with E-state index >= 15 is 0 Å². The molecule has 0 atom stereocenters. The van der Waals surface area contributed by atoms with Crippen molar-refractivity contribution in [2.45, 2.75) is 33.6 Å². The molecule has 0 bridgehead atoms. The lowest BCUT2D eigenvalue weighted by Crippen LogP contribution is -2.32. The van der Waals surface area contributed by atoms with Crippen molar-refractivity contribution in [1.82, 2.24) is 0 Å². The van der Waals surface area contributed by atoms with Gasteiger partial charge in [-0.2, -0.15) is 0 Å². The molecule has 0 saturated heterocycles. The normalized spacial score (nSPS) is 11.2. The Morgan fingerprint density at radius 2 is 1.60 bits per heavy atom. The van der Waals surface area contributed by atoms with Gasteiger partial charge in [-0.1, -0.05) is 27.2 Å². The van der Waals surface area contributed by atoms with Gasteiger partial charge in [0.25, 0.3) is 12.9 Å². The highest BCUT2D eigenvalue weighted by Crippen LogP contribution is 2.32. The fourth-order valence-corrected chi connectivity index (χ4v) is 1.66. The van der Waals surface area contributed by atoms with Gasteiger partial charge in [0, 0.05) is 5.92 Å². The van der Waals surface area contributed by atoms with Crippen molar-refractivity contribution in [1.29, 1.82) is 0 Å². The van der Waals surface area contributed by atoms with Crippen LogP contribution in [0.4, 0.5) is 0 Å². The topological polar surface area (TPSA) is 52.6 Å². The molecule has 0 aliphatic heterocycles. The number of ether oxygens (including phenoxy) is 2. The van der Waals surface area contributed by atoms with Gasteiger partial charge in [0.2, 0.25) is 0 Å². The van der Waals surface area contributed by atoms with E-state index < -0.39 is 0 Å². The zero-order chi connectivity index (χ0) is 11.7. The molecule has 88 valence electrons. The number of carbonyl (C=O) groups excluding carboxylic acids is 2. The third kappa shape index (κ3) is 5.40. The SMILES string of the molecule is CCCC(C)(C)C(COC=O)COC=O. The first kappa shape index (κ1) is 13.9. The molecule has 0 aromatic heterocycles. The number of carbonyl (C=O) groups is 2. The van der Waals surface area contributed by atoms with E-state index in [0.717, 1.165) is 12.8 Å². The summed E-state index contributed by atoms with van der Waals surface area (Å²) >= 11 is 0. The molecule has 0 N–H and O–H groups in total. The predicted molar refractivity (Wildman–Crippen MR) is 56.2 cm³/mol. The third-order valence-corrected chi connectivity index (χ3v) is 2.73. The van der Waals surface area contributed by atoms with Crippen LogP contribution in [0.3, 0.4) is 0 Å². The van der Waals surface area contributed by atoms with E-state index in [2.05, 4.69) is 20.8 Å². The molecular weight excluding hydrogens is 196 g/mol. The quantitative estimate of drug-likeness (QED) is 0.551. The van der Waals surface area contributed by atoms with Crippen LogP contribution in [0, 0.1) is 11.3 Å². The lowest BCUT2D eigenvalue weighted by molar-refractivity contribution is -0.136. The summed E-state index contributed by atoms with van der Waals surface area (Å²) in [5.41, 5.74) is 0.000764. The number of hydrogen-bond donors (Lipinski definition) is 0. The summed E-state index contributed by atoms with van der Waals surface area (Å²) in [5, 5.41) is 0. The van der Waals surface area contributed by atoms with Crippen LogP contribution in [-0.2, 0) is 19.1 Å². The maximum Gasteiger partial charge on any atom is 0.293 e. The van der Waals surface area contributed by atoms with E-state index in [1.54, 1.807) is 0 Å². The molecule has 4 nitrogen and oxygen atoms in total. The lowest BCUT2D eigenvalue weighted by atomic mass is 9.76. The minimum atomic E-state index is 0.000764. The molecule has 4 heteroatoms. The standard InChI is InChI=1S/C11H20O4/c1-4-5-11(2,3)10(6-14-8-12)7-15-9-13/h8-10H,4-7H2,1-3H3. The average molecular weight is 216 g/mol. The Kier molecular flexibility index (Phi) is 6.75. The van der Waals surface area contributed by atoms with Crippen LogP contribution in [0.15, 0.2) is 0 Å². The molecule has 0 aliphatic carbocycles. The third-order valence-electron chi connectivity index (χ3n) is 2.73. The van der Waals surface area contributed by atoms with Gasteiger partial charge < -0.3 is 9.47 Å². The molecule has 0 spiro atoms. The fourth-order valence-electron chi connectivity index (χ4n) is 1.66. The summed E-state index contributed by atoms with van der Waals surface area (Å²) < 4.78 is 9.50. The Bertz CT molecular complexity index is 177. The molecule has 0 aromatic rings. The van der Waals surface area contributed by atoms with Crippen molar-refractivity contribution in [2.75, 3.05) is 13.2 Å². The van der Waals surface area contributed by atoms with Gasteiger partial charge in [-0.15, -0.1) is 0 Å². The highest BCUT2D eigenvalue weighted by Gasteiger charge is 2.29. The second-order valence-electron chi connectivity index (χ2n) is 4.29. The summed E-state index contributed by atoms with van der Waals surface area (Å²) in [5.74, 6) is 0.0489. The maximum absolute atomic E-state index is 10.1. The predicted octanol–water partition coefficient (Wildman–Crippen LogP) is 1.77. The van der Waals surface area contributed by atoms with E-state index in [0.29, 0.717) is 26.2 Å². The van der Waals surface area contributed by atoms with Gasteiger partial charge in [-0.25, -0.2) is 0 Å². The van der Waals surface area contributed by atoms with Crippen LogP contribution in [0.1, 0.15) is 33.6 Å². The maximum atomic E-state index is 10.1. The first-order valence-corrected chi connectivity index (χ1v) is 5.19. The van der Waals surface area contributed by atoms with Crippen LogP contribution in [0.2, 0.25) is 0 Å². The molecule has 0 radical (unpaired) electrons. The molecular formula is C11H20O4. The monoisotopic (exact) mass is 216 g/mol. The van der Waals surface area contributed by atoms with Gasteiger partial charge in [0.15, 0.2) is 0 Å². The van der Waals surface area contributed by atoms with Gasteiger partial charge >= 0.3 is 0 Å². The molecule has 0 saturated carbocycles. The van der Waals surface area contributed by atoms with Crippen LogP contribution in [0.5, 0.6) is 0 Å². The van der Waals surface area contributed by atoms with Crippen LogP contribution < -0.4 is 0 Å². The largest absolute Gasteiger partial charge is 0.467 e.